The second kappa shape index (κ2) is 9.53. The van der Waals surface area contributed by atoms with E-state index < -0.39 is 52.5 Å². The van der Waals surface area contributed by atoms with Crippen molar-refractivity contribution in [2.45, 2.75) is 37.5 Å². The summed E-state index contributed by atoms with van der Waals surface area (Å²) >= 11 is 0. The van der Waals surface area contributed by atoms with Gasteiger partial charge < -0.3 is 15.3 Å². The van der Waals surface area contributed by atoms with Crippen LogP contribution in [-0.2, 0) is 29.1 Å². The molecule has 5 N–H and O–H groups in total. The maximum absolute atomic E-state index is 12.6. The molecule has 3 atom stereocenters. The quantitative estimate of drug-likeness (QED) is 0.117. The van der Waals surface area contributed by atoms with Crippen LogP contribution in [0.4, 0.5) is 18.0 Å². The zero-order valence-corrected chi connectivity index (χ0v) is 17.0. The van der Waals surface area contributed by atoms with Crippen LogP contribution in [0.15, 0.2) is 0 Å². The number of rotatable bonds is 4. The van der Waals surface area contributed by atoms with E-state index in [4.69, 9.17) is 20.3 Å². The number of carboxylic acids is 1. The molecule has 0 spiro atoms. The number of hydrogen-bond donors (Lipinski definition) is 4. The van der Waals surface area contributed by atoms with Gasteiger partial charge in [-0.3, -0.25) is 14.1 Å². The molecular weight excluding hydrogens is 471 g/mol. The molecular formula is C14H20F3N5O9S. The van der Waals surface area contributed by atoms with Crippen LogP contribution in [0.1, 0.15) is 19.3 Å². The lowest BCUT2D eigenvalue weighted by Gasteiger charge is -2.31. The first-order valence-electron chi connectivity index (χ1n) is 9.03. The summed E-state index contributed by atoms with van der Waals surface area (Å²) in [6.45, 7) is 1.14. The summed E-state index contributed by atoms with van der Waals surface area (Å²) in [5.74, 6) is 1.28. The SMILES string of the molecule is NN(C(=O)C1CCNC1)C(=O)[C@@H]1CC[C@@H]2CN1C(=O)N2OS(=O)(=O)O.O=C(O)C(F)(F)F. The molecule has 182 valence electrons. The molecule has 1 unspecified atom stereocenters. The van der Waals surface area contributed by atoms with Crippen LogP contribution >= 0.6 is 0 Å². The molecule has 3 aliphatic heterocycles. The number of nitrogens with zero attached hydrogens (tertiary/aromatic N) is 3. The monoisotopic (exact) mass is 491 g/mol. The number of carbonyl (C=O) groups is 4. The third-order valence-electron chi connectivity index (χ3n) is 4.91. The van der Waals surface area contributed by atoms with E-state index in [1.807, 2.05) is 0 Å². The first kappa shape index (κ1) is 25.7. The van der Waals surface area contributed by atoms with Gasteiger partial charge in [-0.15, -0.1) is 4.28 Å². The second-order valence-electron chi connectivity index (χ2n) is 7.05. The average molecular weight is 491 g/mol. The van der Waals surface area contributed by atoms with Crippen molar-refractivity contribution in [1.82, 2.24) is 20.3 Å². The lowest BCUT2D eigenvalue weighted by molar-refractivity contribution is -0.192. The average Bonchev–Trinajstić information content (AvgIpc) is 3.29. The van der Waals surface area contributed by atoms with Crippen LogP contribution in [-0.4, -0.2) is 94.8 Å². The molecule has 18 heteroatoms. The van der Waals surface area contributed by atoms with Crippen molar-refractivity contribution in [3.63, 3.8) is 0 Å². The lowest BCUT2D eigenvalue weighted by atomic mass is 9.99. The second-order valence-corrected chi connectivity index (χ2v) is 8.05. The smallest absolute Gasteiger partial charge is 0.475 e. The Morgan fingerprint density at radius 1 is 1.19 bits per heavy atom. The summed E-state index contributed by atoms with van der Waals surface area (Å²) < 4.78 is 66.5. The van der Waals surface area contributed by atoms with Crippen molar-refractivity contribution >= 4 is 34.2 Å². The van der Waals surface area contributed by atoms with E-state index >= 15 is 0 Å². The summed E-state index contributed by atoms with van der Waals surface area (Å²) in [4.78, 5) is 47.1. The van der Waals surface area contributed by atoms with Gasteiger partial charge in [0.15, 0.2) is 0 Å². The van der Waals surface area contributed by atoms with Crippen molar-refractivity contribution in [2.24, 2.45) is 11.8 Å². The zero-order valence-electron chi connectivity index (χ0n) is 16.2. The first-order valence-corrected chi connectivity index (χ1v) is 10.4. The number of piperidine rings is 1. The largest absolute Gasteiger partial charge is 0.490 e. The van der Waals surface area contributed by atoms with Crippen LogP contribution < -0.4 is 11.2 Å². The minimum Gasteiger partial charge on any atom is -0.475 e. The predicted molar refractivity (Wildman–Crippen MR) is 94.1 cm³/mol. The van der Waals surface area contributed by atoms with E-state index in [0.29, 0.717) is 29.6 Å². The van der Waals surface area contributed by atoms with Crippen LogP contribution in [0.2, 0.25) is 0 Å². The fraction of sp³-hybridized carbons (Fsp3) is 0.714. The lowest BCUT2D eigenvalue weighted by Crippen LogP contribution is -2.56. The Balaban J connectivity index is 0.000000451. The van der Waals surface area contributed by atoms with E-state index in [2.05, 4.69) is 9.60 Å². The summed E-state index contributed by atoms with van der Waals surface area (Å²) in [6.07, 6.45) is -4.04. The molecule has 3 rings (SSSR count). The number of imide groups is 1. The summed E-state index contributed by atoms with van der Waals surface area (Å²) in [5, 5.41) is 11.2. The number of urea groups is 1. The highest BCUT2D eigenvalue weighted by molar-refractivity contribution is 7.80. The van der Waals surface area contributed by atoms with Crippen LogP contribution in [0, 0.1) is 5.92 Å². The van der Waals surface area contributed by atoms with Gasteiger partial charge in [-0.25, -0.2) is 20.4 Å². The van der Waals surface area contributed by atoms with Crippen LogP contribution in [0.25, 0.3) is 0 Å². The number of hydroxylamine groups is 2. The summed E-state index contributed by atoms with van der Waals surface area (Å²) in [5.41, 5.74) is 0. The fourth-order valence-corrected chi connectivity index (χ4v) is 3.81. The molecule has 2 bridgehead atoms. The zero-order chi connectivity index (χ0) is 24.4. The van der Waals surface area contributed by atoms with Gasteiger partial charge in [-0.05, 0) is 25.8 Å². The molecule has 14 nitrogen and oxygen atoms in total. The summed E-state index contributed by atoms with van der Waals surface area (Å²) in [6, 6.07) is -2.47. The molecule has 0 aromatic carbocycles. The third kappa shape index (κ3) is 6.03. The maximum atomic E-state index is 12.6. The number of fused-ring (bicyclic) bond motifs is 2. The van der Waals surface area contributed by atoms with Crippen molar-refractivity contribution in [3.8, 4) is 0 Å². The Bertz CT molecular complexity index is 878. The topological polar surface area (TPSA) is 200 Å². The number of nitrogens with one attached hydrogen (secondary N) is 1. The van der Waals surface area contributed by atoms with E-state index in [0.717, 1.165) is 4.90 Å². The molecule has 3 aliphatic rings. The number of hydrogen-bond acceptors (Lipinski definition) is 9. The molecule has 0 radical (unpaired) electrons. The maximum Gasteiger partial charge on any atom is 0.490 e. The number of hydrazine groups is 1. The van der Waals surface area contributed by atoms with E-state index in [1.165, 1.54) is 0 Å². The Labute approximate surface area is 178 Å². The van der Waals surface area contributed by atoms with E-state index in [-0.39, 0.29) is 25.3 Å². The van der Waals surface area contributed by atoms with Crippen molar-refractivity contribution < 1.29 is 54.7 Å². The number of alkyl halides is 3. The van der Waals surface area contributed by atoms with E-state index in [1.54, 1.807) is 0 Å². The van der Waals surface area contributed by atoms with Crippen molar-refractivity contribution in [2.75, 3.05) is 19.6 Å². The Morgan fingerprint density at radius 3 is 2.25 bits per heavy atom. The molecule has 3 heterocycles. The molecule has 4 amide bonds. The summed E-state index contributed by atoms with van der Waals surface area (Å²) in [7, 11) is -4.86. The van der Waals surface area contributed by atoms with Gasteiger partial charge in [0.05, 0.1) is 12.0 Å². The van der Waals surface area contributed by atoms with Gasteiger partial charge in [-0.1, -0.05) is 0 Å². The molecule has 0 aliphatic carbocycles. The Kier molecular flexibility index (Phi) is 7.66. The van der Waals surface area contributed by atoms with E-state index in [9.17, 15) is 36.0 Å². The number of carbonyl (C=O) groups excluding carboxylic acids is 3. The Morgan fingerprint density at radius 2 is 1.78 bits per heavy atom. The molecule has 0 aromatic heterocycles. The molecule has 3 saturated heterocycles. The highest BCUT2D eigenvalue weighted by Crippen LogP contribution is 2.31. The Hall–Kier alpha value is -2.54. The molecule has 0 saturated carbocycles. The number of nitrogens with two attached hydrogens (primary N) is 1. The van der Waals surface area contributed by atoms with Gasteiger partial charge in [0.1, 0.15) is 6.04 Å². The predicted octanol–water partition coefficient (Wildman–Crippen LogP) is -1.54. The number of halogens is 3. The highest BCUT2D eigenvalue weighted by Gasteiger charge is 2.50. The normalized spacial score (nSPS) is 25.3. The van der Waals surface area contributed by atoms with Crippen molar-refractivity contribution in [3.05, 3.63) is 0 Å². The highest BCUT2D eigenvalue weighted by atomic mass is 32.3. The van der Waals surface area contributed by atoms with Gasteiger partial charge in [0, 0.05) is 13.1 Å². The number of amides is 4. The third-order valence-corrected chi connectivity index (χ3v) is 5.26. The van der Waals surface area contributed by atoms with Gasteiger partial charge in [-0.2, -0.15) is 26.7 Å². The minimum atomic E-state index is -5.08. The van der Waals surface area contributed by atoms with Crippen LogP contribution in [0.3, 0.4) is 0 Å². The minimum absolute atomic E-state index is 0.0395. The first-order chi connectivity index (χ1) is 14.6. The molecule has 0 aromatic rings. The fourth-order valence-electron chi connectivity index (χ4n) is 3.42. The standard InChI is InChI=1S/C12H19N5O7S.C2HF3O2/c13-16(10(18)7-3-4-14-5-7)11(19)9-2-1-8-6-15(9)12(20)17(8)24-25(21,22)23;3-2(4,5)1(6)7/h7-9,14H,1-6,13H2,(H,21,22,23);(H,6,7)/t7?,8-,9+;/m1./s1. The van der Waals surface area contributed by atoms with Crippen molar-refractivity contribution in [1.29, 1.82) is 0 Å². The molecule has 3 fully saturated rings. The number of carboxylic acid groups (broad SMARTS) is 1. The van der Waals surface area contributed by atoms with Gasteiger partial charge >= 0.3 is 28.6 Å². The molecule has 32 heavy (non-hydrogen) atoms. The van der Waals surface area contributed by atoms with Gasteiger partial charge in [0.25, 0.3) is 5.91 Å². The number of aliphatic carboxylic acids is 1. The van der Waals surface area contributed by atoms with Crippen LogP contribution in [0.5, 0.6) is 0 Å². The van der Waals surface area contributed by atoms with Gasteiger partial charge in [0.2, 0.25) is 5.91 Å².